The standard InChI is InChI=1S/C23H26N2O2.C5H8O2/c1-16(13-18(3)26)24-22-9-5-20(6-10-22)15-21-7-11-23(12-8-21)25-17(2)14-19(4)27;1-4(6)3-5(2)7/h5-14,24-25H,15H2,1-4H3;3H2,1-2H3/b16-13-,17-14?;. The summed E-state index contributed by atoms with van der Waals surface area (Å²) in [5.41, 5.74) is 5.99. The van der Waals surface area contributed by atoms with Crippen LogP contribution in [0.25, 0.3) is 0 Å². The number of anilines is 2. The van der Waals surface area contributed by atoms with E-state index in [0.29, 0.717) is 0 Å². The van der Waals surface area contributed by atoms with Crippen molar-refractivity contribution in [3.63, 3.8) is 0 Å². The summed E-state index contributed by atoms with van der Waals surface area (Å²) < 4.78 is 0. The highest BCUT2D eigenvalue weighted by atomic mass is 16.1. The van der Waals surface area contributed by atoms with Crippen LogP contribution in [0.1, 0.15) is 59.1 Å². The zero-order valence-corrected chi connectivity index (χ0v) is 20.8. The number of carbonyl (C=O) groups is 4. The number of Topliss-reactive ketones (excluding diaryl/α,β-unsaturated/α-hetero) is 2. The Hall–Kier alpha value is -3.80. The average molecular weight is 463 g/mol. The van der Waals surface area contributed by atoms with Crippen LogP contribution in [0.3, 0.4) is 0 Å². The number of ketones is 4. The van der Waals surface area contributed by atoms with Gasteiger partial charge in [0.05, 0.1) is 6.42 Å². The van der Waals surface area contributed by atoms with Crippen molar-refractivity contribution >= 4 is 34.5 Å². The highest BCUT2D eigenvalue weighted by Gasteiger charge is 2.00. The Kier molecular flexibility index (Phi) is 11.9. The largest absolute Gasteiger partial charge is 0.359 e. The van der Waals surface area contributed by atoms with E-state index in [1.54, 1.807) is 12.2 Å². The maximum atomic E-state index is 11.1. The Morgan fingerprint density at radius 1 is 0.588 bits per heavy atom. The Morgan fingerprint density at radius 3 is 1.15 bits per heavy atom. The van der Waals surface area contributed by atoms with E-state index in [4.69, 9.17) is 0 Å². The van der Waals surface area contributed by atoms with Gasteiger partial charge in [-0.1, -0.05) is 24.3 Å². The number of rotatable bonds is 10. The summed E-state index contributed by atoms with van der Waals surface area (Å²) in [6, 6.07) is 16.4. The van der Waals surface area contributed by atoms with E-state index in [2.05, 4.69) is 34.9 Å². The van der Waals surface area contributed by atoms with Crippen molar-refractivity contribution in [2.24, 2.45) is 0 Å². The predicted octanol–water partition coefficient (Wildman–Crippen LogP) is 5.64. The summed E-state index contributed by atoms with van der Waals surface area (Å²) in [6.07, 6.45) is 4.08. The second kappa shape index (κ2) is 14.4. The average Bonchev–Trinajstić information content (AvgIpc) is 2.69. The number of carbonyl (C=O) groups excluding carboxylic acids is 4. The van der Waals surface area contributed by atoms with Crippen LogP contribution in [0.5, 0.6) is 0 Å². The van der Waals surface area contributed by atoms with Crippen LogP contribution >= 0.6 is 0 Å². The van der Waals surface area contributed by atoms with Crippen LogP contribution in [-0.4, -0.2) is 23.1 Å². The number of nitrogens with one attached hydrogen (secondary N) is 2. The van der Waals surface area contributed by atoms with Gasteiger partial charge in [0.2, 0.25) is 0 Å². The second-order valence-corrected chi connectivity index (χ2v) is 8.28. The van der Waals surface area contributed by atoms with Gasteiger partial charge in [0, 0.05) is 22.8 Å². The molecule has 2 N–H and O–H groups in total. The summed E-state index contributed by atoms with van der Waals surface area (Å²) in [4.78, 5) is 42.3. The van der Waals surface area contributed by atoms with E-state index in [9.17, 15) is 19.2 Å². The molecule has 0 radical (unpaired) electrons. The summed E-state index contributed by atoms with van der Waals surface area (Å²) in [6.45, 7) is 9.63. The van der Waals surface area contributed by atoms with E-state index in [1.807, 2.05) is 38.1 Å². The van der Waals surface area contributed by atoms with E-state index < -0.39 is 0 Å². The van der Waals surface area contributed by atoms with Gasteiger partial charge in [0.25, 0.3) is 0 Å². The Labute approximate surface area is 202 Å². The van der Waals surface area contributed by atoms with Crippen LogP contribution in [0.15, 0.2) is 72.1 Å². The topological polar surface area (TPSA) is 92.3 Å². The zero-order valence-electron chi connectivity index (χ0n) is 20.8. The molecule has 0 heterocycles. The van der Waals surface area contributed by atoms with Gasteiger partial charge in [-0.3, -0.25) is 19.2 Å². The molecule has 0 saturated heterocycles. The van der Waals surface area contributed by atoms with Gasteiger partial charge >= 0.3 is 0 Å². The maximum Gasteiger partial charge on any atom is 0.154 e. The number of hydrogen-bond acceptors (Lipinski definition) is 6. The third kappa shape index (κ3) is 12.9. The molecule has 2 aromatic rings. The lowest BCUT2D eigenvalue weighted by atomic mass is 10.0. The van der Waals surface area contributed by atoms with Gasteiger partial charge in [-0.05, 0) is 95.5 Å². The van der Waals surface area contributed by atoms with E-state index in [-0.39, 0.29) is 29.6 Å². The van der Waals surface area contributed by atoms with Gasteiger partial charge in [0.15, 0.2) is 11.6 Å². The molecule has 0 amide bonds. The normalized spacial score (nSPS) is 11.1. The third-order valence-corrected chi connectivity index (χ3v) is 4.34. The van der Waals surface area contributed by atoms with Gasteiger partial charge in [-0.15, -0.1) is 0 Å². The first-order chi connectivity index (χ1) is 15.9. The molecule has 2 aromatic carbocycles. The molecule has 0 bridgehead atoms. The second-order valence-electron chi connectivity index (χ2n) is 8.28. The Balaban J connectivity index is 0.000000718. The minimum absolute atomic E-state index is 0.0292. The van der Waals surface area contributed by atoms with Gasteiger partial charge in [-0.2, -0.15) is 0 Å². The molecule has 0 aliphatic heterocycles. The molecule has 6 nitrogen and oxygen atoms in total. The van der Waals surface area contributed by atoms with Crippen molar-refractivity contribution in [3.8, 4) is 0 Å². The van der Waals surface area contributed by atoms with Crippen LogP contribution in [-0.2, 0) is 25.6 Å². The molecule has 0 atom stereocenters. The molecule has 0 aliphatic carbocycles. The molecule has 0 spiro atoms. The summed E-state index contributed by atoms with van der Waals surface area (Å²) >= 11 is 0. The fourth-order valence-corrected chi connectivity index (χ4v) is 3.14. The first kappa shape index (κ1) is 28.2. The smallest absolute Gasteiger partial charge is 0.154 e. The fraction of sp³-hybridized carbons (Fsp3) is 0.286. The molecule has 34 heavy (non-hydrogen) atoms. The molecule has 6 heteroatoms. The molecular formula is C28H34N2O4. The highest BCUT2D eigenvalue weighted by Crippen LogP contribution is 2.17. The van der Waals surface area contributed by atoms with Gasteiger partial charge in [-0.25, -0.2) is 0 Å². The van der Waals surface area contributed by atoms with Gasteiger partial charge < -0.3 is 10.6 Å². The minimum Gasteiger partial charge on any atom is -0.359 e. The van der Waals surface area contributed by atoms with Gasteiger partial charge in [0.1, 0.15) is 11.6 Å². The van der Waals surface area contributed by atoms with Crippen LogP contribution in [0, 0.1) is 0 Å². The first-order valence-corrected chi connectivity index (χ1v) is 11.0. The van der Waals surface area contributed by atoms with E-state index in [1.165, 1.54) is 38.8 Å². The van der Waals surface area contributed by atoms with Crippen molar-refractivity contribution < 1.29 is 19.2 Å². The molecule has 0 fully saturated rings. The third-order valence-electron chi connectivity index (χ3n) is 4.34. The quantitative estimate of drug-likeness (QED) is 0.351. The minimum atomic E-state index is -0.0625. The molecular weight excluding hydrogens is 428 g/mol. The van der Waals surface area contributed by atoms with Crippen molar-refractivity contribution in [3.05, 3.63) is 83.2 Å². The summed E-state index contributed by atoms with van der Waals surface area (Å²) in [7, 11) is 0. The van der Waals surface area contributed by atoms with Crippen LogP contribution < -0.4 is 10.6 Å². The fourth-order valence-electron chi connectivity index (χ4n) is 3.14. The molecule has 0 aromatic heterocycles. The van der Waals surface area contributed by atoms with Crippen LogP contribution in [0.2, 0.25) is 0 Å². The molecule has 180 valence electrons. The Bertz CT molecular complexity index is 977. The van der Waals surface area contributed by atoms with Crippen molar-refractivity contribution in [2.75, 3.05) is 10.6 Å². The number of allylic oxidation sites excluding steroid dienone is 4. The molecule has 0 aliphatic rings. The predicted molar refractivity (Wildman–Crippen MR) is 138 cm³/mol. The van der Waals surface area contributed by atoms with E-state index >= 15 is 0 Å². The zero-order chi connectivity index (χ0) is 25.7. The lowest BCUT2D eigenvalue weighted by Gasteiger charge is -2.09. The summed E-state index contributed by atoms with van der Waals surface area (Å²) in [5.74, 6) is -0.0666. The monoisotopic (exact) mass is 462 g/mol. The lowest BCUT2D eigenvalue weighted by molar-refractivity contribution is -0.124. The van der Waals surface area contributed by atoms with E-state index in [0.717, 1.165) is 29.2 Å². The van der Waals surface area contributed by atoms with Crippen LogP contribution in [0.4, 0.5) is 11.4 Å². The van der Waals surface area contributed by atoms with Crippen molar-refractivity contribution in [1.82, 2.24) is 0 Å². The Morgan fingerprint density at radius 2 is 0.912 bits per heavy atom. The SMILES string of the molecule is CC(=O)C=C(C)Nc1ccc(Cc2ccc(N/C(C)=C\C(C)=O)cc2)cc1.CC(=O)CC(C)=O. The molecule has 0 unspecified atom stereocenters. The summed E-state index contributed by atoms with van der Waals surface area (Å²) in [5, 5.41) is 6.41. The maximum absolute atomic E-state index is 11.1. The lowest BCUT2D eigenvalue weighted by Crippen LogP contribution is -1.99. The van der Waals surface area contributed by atoms with Crippen molar-refractivity contribution in [2.45, 2.75) is 54.4 Å². The highest BCUT2D eigenvalue weighted by molar-refractivity contribution is 5.96. The number of hydrogen-bond donors (Lipinski definition) is 2. The molecule has 0 saturated carbocycles. The first-order valence-electron chi connectivity index (χ1n) is 11.0. The molecule has 2 rings (SSSR count). The number of benzene rings is 2. The van der Waals surface area contributed by atoms with Crippen molar-refractivity contribution in [1.29, 1.82) is 0 Å².